The number of rotatable bonds is 4. The number of carbonyl (C=O) groups is 1. The SMILES string of the molecule is Cn1ccc(=Nc2ccc(NC(=O)c3ccc(N=c4ccn(C)c5ccccc45)cc3)cc2)cc1. The van der Waals surface area contributed by atoms with E-state index in [9.17, 15) is 4.79 Å². The van der Waals surface area contributed by atoms with Gasteiger partial charge in [-0.1, -0.05) is 18.2 Å². The molecule has 6 nitrogen and oxygen atoms in total. The largest absolute Gasteiger partial charge is 0.357 e. The molecule has 2 aromatic heterocycles. The van der Waals surface area contributed by atoms with Crippen LogP contribution in [-0.4, -0.2) is 15.0 Å². The molecule has 0 aliphatic heterocycles. The second-order valence-corrected chi connectivity index (χ2v) is 8.32. The van der Waals surface area contributed by atoms with Crippen LogP contribution in [0.1, 0.15) is 10.4 Å². The molecule has 3 aromatic carbocycles. The maximum Gasteiger partial charge on any atom is 0.255 e. The van der Waals surface area contributed by atoms with Gasteiger partial charge in [0.15, 0.2) is 0 Å². The minimum Gasteiger partial charge on any atom is -0.357 e. The van der Waals surface area contributed by atoms with Crippen molar-refractivity contribution < 1.29 is 4.79 Å². The number of pyridine rings is 2. The van der Waals surface area contributed by atoms with Gasteiger partial charge in [-0.15, -0.1) is 0 Å². The van der Waals surface area contributed by atoms with Crippen LogP contribution in [0.15, 0.2) is 120 Å². The number of anilines is 1. The number of aromatic nitrogens is 2. The Labute approximate surface area is 203 Å². The fourth-order valence-electron chi connectivity index (χ4n) is 3.81. The van der Waals surface area contributed by atoms with Crippen molar-refractivity contribution in [2.24, 2.45) is 24.1 Å². The maximum absolute atomic E-state index is 12.7. The van der Waals surface area contributed by atoms with Crippen LogP contribution in [-0.2, 0) is 14.1 Å². The van der Waals surface area contributed by atoms with E-state index in [1.54, 1.807) is 12.1 Å². The first kappa shape index (κ1) is 22.1. The van der Waals surface area contributed by atoms with Gasteiger partial charge < -0.3 is 14.5 Å². The number of hydrogen-bond acceptors (Lipinski definition) is 3. The standard InChI is InChI=1S/C29H25N5O/c1-33-18-15-25(16-19-33)30-22-11-13-24(14-12-22)32-29(35)21-7-9-23(10-8-21)31-27-17-20-34(2)28-6-4-3-5-26(27)28/h3-20H,1-2H3,(H,32,35). The molecule has 0 radical (unpaired) electrons. The van der Waals surface area contributed by atoms with Gasteiger partial charge in [-0.25, -0.2) is 9.98 Å². The van der Waals surface area contributed by atoms with E-state index >= 15 is 0 Å². The number of hydrogen-bond donors (Lipinski definition) is 1. The molecule has 0 fully saturated rings. The molecule has 0 atom stereocenters. The summed E-state index contributed by atoms with van der Waals surface area (Å²) in [5.74, 6) is -0.172. The second-order valence-electron chi connectivity index (χ2n) is 8.32. The van der Waals surface area contributed by atoms with E-state index in [-0.39, 0.29) is 5.91 Å². The highest BCUT2D eigenvalue weighted by atomic mass is 16.1. The Bertz CT molecular complexity index is 1620. The molecule has 0 spiro atoms. The zero-order chi connectivity index (χ0) is 24.2. The van der Waals surface area contributed by atoms with Crippen molar-refractivity contribution in [3.05, 3.63) is 126 Å². The molecular weight excluding hydrogens is 434 g/mol. The molecule has 5 aromatic rings. The van der Waals surface area contributed by atoms with Crippen molar-refractivity contribution in [1.29, 1.82) is 0 Å². The smallest absolute Gasteiger partial charge is 0.255 e. The minimum atomic E-state index is -0.172. The molecule has 0 bridgehead atoms. The summed E-state index contributed by atoms with van der Waals surface area (Å²) in [5.41, 5.74) is 4.01. The molecule has 5 rings (SSSR count). The summed E-state index contributed by atoms with van der Waals surface area (Å²) in [5, 5.41) is 5.79. The van der Waals surface area contributed by atoms with Crippen molar-refractivity contribution in [1.82, 2.24) is 9.13 Å². The number of aryl methyl sites for hydroxylation is 2. The lowest BCUT2D eigenvalue weighted by Gasteiger charge is -2.07. The van der Waals surface area contributed by atoms with Crippen LogP contribution in [0.5, 0.6) is 0 Å². The number of nitrogens with zero attached hydrogens (tertiary/aromatic N) is 4. The van der Waals surface area contributed by atoms with Crippen LogP contribution in [0.3, 0.4) is 0 Å². The third-order valence-electron chi connectivity index (χ3n) is 5.74. The molecule has 172 valence electrons. The average Bonchev–Trinajstić information content (AvgIpc) is 2.89. The summed E-state index contributed by atoms with van der Waals surface area (Å²) in [7, 11) is 3.99. The van der Waals surface area contributed by atoms with Crippen molar-refractivity contribution >= 4 is 33.9 Å². The summed E-state index contributed by atoms with van der Waals surface area (Å²) in [6.07, 6.45) is 5.91. The molecule has 0 saturated carbocycles. The first-order chi connectivity index (χ1) is 17.0. The molecule has 0 unspecified atom stereocenters. The van der Waals surface area contributed by atoms with Gasteiger partial charge >= 0.3 is 0 Å². The Kier molecular flexibility index (Phi) is 6.09. The lowest BCUT2D eigenvalue weighted by molar-refractivity contribution is 0.102. The normalized spacial score (nSPS) is 11.4. The highest BCUT2D eigenvalue weighted by Gasteiger charge is 2.06. The number of nitrogens with one attached hydrogen (secondary N) is 1. The van der Waals surface area contributed by atoms with E-state index in [1.165, 1.54) is 0 Å². The Morgan fingerprint density at radius 3 is 2.11 bits per heavy atom. The first-order valence-electron chi connectivity index (χ1n) is 11.3. The van der Waals surface area contributed by atoms with Gasteiger partial charge in [0, 0.05) is 54.8 Å². The van der Waals surface area contributed by atoms with Crippen molar-refractivity contribution in [2.45, 2.75) is 0 Å². The molecule has 35 heavy (non-hydrogen) atoms. The average molecular weight is 460 g/mol. The van der Waals surface area contributed by atoms with Gasteiger partial charge in [-0.2, -0.15) is 0 Å². The molecule has 0 aliphatic rings. The van der Waals surface area contributed by atoms with Crippen molar-refractivity contribution in [3.8, 4) is 0 Å². The van der Waals surface area contributed by atoms with E-state index in [2.05, 4.69) is 27.0 Å². The van der Waals surface area contributed by atoms with Gasteiger partial charge in [0.2, 0.25) is 0 Å². The highest BCUT2D eigenvalue weighted by Crippen LogP contribution is 2.18. The number of carbonyl (C=O) groups excluding carboxylic acids is 1. The summed E-state index contributed by atoms with van der Waals surface area (Å²) in [6, 6.07) is 28.8. The Morgan fingerprint density at radius 2 is 1.37 bits per heavy atom. The molecule has 0 saturated heterocycles. The topological polar surface area (TPSA) is 63.7 Å². The lowest BCUT2D eigenvalue weighted by atomic mass is 10.1. The maximum atomic E-state index is 12.7. The Balaban J connectivity index is 1.31. The van der Waals surface area contributed by atoms with Gasteiger partial charge in [-0.05, 0) is 72.8 Å². The van der Waals surface area contributed by atoms with Crippen molar-refractivity contribution in [3.63, 3.8) is 0 Å². The van der Waals surface area contributed by atoms with Crippen LogP contribution in [0, 0.1) is 0 Å². The van der Waals surface area contributed by atoms with E-state index in [1.807, 2.05) is 104 Å². The predicted octanol–water partition coefficient (Wildman–Crippen LogP) is 5.23. The van der Waals surface area contributed by atoms with Crippen LogP contribution in [0.2, 0.25) is 0 Å². The van der Waals surface area contributed by atoms with Gasteiger partial charge in [0.25, 0.3) is 5.91 Å². The predicted molar refractivity (Wildman–Crippen MR) is 140 cm³/mol. The zero-order valence-corrected chi connectivity index (χ0v) is 19.6. The molecule has 1 N–H and O–H groups in total. The summed E-state index contributed by atoms with van der Waals surface area (Å²) in [6.45, 7) is 0. The van der Waals surface area contributed by atoms with Crippen molar-refractivity contribution in [2.75, 3.05) is 5.32 Å². The van der Waals surface area contributed by atoms with E-state index in [4.69, 9.17) is 4.99 Å². The second kappa shape index (κ2) is 9.65. The number of benzene rings is 3. The number of amides is 1. The van der Waals surface area contributed by atoms with E-state index < -0.39 is 0 Å². The number of fused-ring (bicyclic) bond motifs is 1. The van der Waals surface area contributed by atoms with Gasteiger partial charge in [0.05, 0.1) is 22.1 Å². The fourth-order valence-corrected chi connectivity index (χ4v) is 3.81. The molecule has 0 aliphatic carbocycles. The zero-order valence-electron chi connectivity index (χ0n) is 19.6. The Morgan fingerprint density at radius 1 is 0.714 bits per heavy atom. The molecular formula is C29H25N5O. The first-order valence-corrected chi connectivity index (χ1v) is 11.3. The van der Waals surface area contributed by atoms with Crippen LogP contribution in [0.25, 0.3) is 10.9 Å². The highest BCUT2D eigenvalue weighted by molar-refractivity contribution is 6.04. The fraction of sp³-hybridized carbons (Fsp3) is 0.0690. The van der Waals surface area contributed by atoms with Gasteiger partial charge in [-0.3, -0.25) is 4.79 Å². The third kappa shape index (κ3) is 5.12. The third-order valence-corrected chi connectivity index (χ3v) is 5.74. The summed E-state index contributed by atoms with van der Waals surface area (Å²) in [4.78, 5) is 22.1. The molecule has 2 heterocycles. The summed E-state index contributed by atoms with van der Waals surface area (Å²) < 4.78 is 4.03. The van der Waals surface area contributed by atoms with E-state index in [0.29, 0.717) is 11.3 Å². The Hall–Kier alpha value is -4.71. The van der Waals surface area contributed by atoms with Crippen LogP contribution >= 0.6 is 0 Å². The lowest BCUT2D eigenvalue weighted by Crippen LogP contribution is -2.11. The number of para-hydroxylation sites is 1. The van der Waals surface area contributed by atoms with Crippen LogP contribution < -0.4 is 16.0 Å². The summed E-state index contributed by atoms with van der Waals surface area (Å²) >= 11 is 0. The van der Waals surface area contributed by atoms with E-state index in [0.717, 1.165) is 33.0 Å². The molecule has 6 heteroatoms. The van der Waals surface area contributed by atoms with Crippen LogP contribution in [0.4, 0.5) is 17.1 Å². The van der Waals surface area contributed by atoms with Gasteiger partial charge in [0.1, 0.15) is 0 Å². The minimum absolute atomic E-state index is 0.172. The molecule has 1 amide bonds. The monoisotopic (exact) mass is 459 g/mol. The quantitative estimate of drug-likeness (QED) is 0.393.